The van der Waals surface area contributed by atoms with E-state index in [1.165, 1.54) is 12.1 Å². The van der Waals surface area contributed by atoms with Crippen molar-refractivity contribution in [3.8, 4) is 0 Å². The van der Waals surface area contributed by atoms with Gasteiger partial charge in [0.05, 0.1) is 0 Å². The van der Waals surface area contributed by atoms with Crippen LogP contribution in [0.5, 0.6) is 0 Å². The van der Waals surface area contributed by atoms with Gasteiger partial charge >= 0.3 is 0 Å². The van der Waals surface area contributed by atoms with Crippen LogP contribution in [0, 0.1) is 5.82 Å². The van der Waals surface area contributed by atoms with E-state index in [0.29, 0.717) is 17.5 Å². The summed E-state index contributed by atoms with van der Waals surface area (Å²) in [4.78, 5) is 1.98. The van der Waals surface area contributed by atoms with E-state index in [0.717, 1.165) is 16.5 Å². The number of fused-ring (bicyclic) bond motifs is 1. The minimum Gasteiger partial charge on any atom is -0.325 e. The Labute approximate surface area is 127 Å². The summed E-state index contributed by atoms with van der Waals surface area (Å²) in [5.41, 5.74) is 0.862. The normalized spacial score (nSPS) is 10.8. The van der Waals surface area contributed by atoms with Gasteiger partial charge in [0.15, 0.2) is 11.0 Å². The van der Waals surface area contributed by atoms with Gasteiger partial charge in [0.1, 0.15) is 5.82 Å². The lowest BCUT2D eigenvalue weighted by molar-refractivity contribution is 0.628. The summed E-state index contributed by atoms with van der Waals surface area (Å²) >= 11 is 6.10. The summed E-state index contributed by atoms with van der Waals surface area (Å²) in [5.74, 6) is 0.450. The number of halogens is 2. The van der Waals surface area contributed by atoms with Gasteiger partial charge in [0.25, 0.3) is 0 Å². The van der Waals surface area contributed by atoms with Gasteiger partial charge in [-0.25, -0.2) is 4.39 Å². The molecule has 5 heteroatoms. The maximum atomic E-state index is 13.1. The van der Waals surface area contributed by atoms with Crippen molar-refractivity contribution in [2.45, 2.75) is 6.92 Å². The third-order valence-corrected chi connectivity index (χ3v) is 3.61. The second-order valence-electron chi connectivity index (χ2n) is 4.58. The Morgan fingerprint density at radius 2 is 1.67 bits per heavy atom. The fraction of sp³-hybridized carbons (Fsp3) is 0.125. The van der Waals surface area contributed by atoms with Crippen LogP contribution in [0.25, 0.3) is 10.8 Å². The minimum absolute atomic E-state index is 0.262. The molecule has 0 bridgehead atoms. The smallest absolute Gasteiger partial charge is 0.163 e. The summed E-state index contributed by atoms with van der Waals surface area (Å²) in [5, 5.41) is 10.4. The third kappa shape index (κ3) is 2.54. The molecule has 0 saturated carbocycles. The highest BCUT2D eigenvalue weighted by Gasteiger charge is 2.14. The van der Waals surface area contributed by atoms with Crippen molar-refractivity contribution in [1.82, 2.24) is 10.2 Å². The lowest BCUT2D eigenvalue weighted by Crippen LogP contribution is -2.18. The molecule has 3 aromatic rings. The second kappa shape index (κ2) is 5.66. The van der Waals surface area contributed by atoms with Gasteiger partial charge in [0, 0.05) is 23.0 Å². The molecule has 1 aromatic heterocycles. The first-order valence-electron chi connectivity index (χ1n) is 6.64. The van der Waals surface area contributed by atoms with Crippen molar-refractivity contribution < 1.29 is 4.39 Å². The molecule has 0 aliphatic carbocycles. The lowest BCUT2D eigenvalue weighted by Gasteiger charge is -2.23. The Morgan fingerprint density at radius 1 is 1.00 bits per heavy atom. The Balaban J connectivity index is 2.17. The van der Waals surface area contributed by atoms with Gasteiger partial charge in [-0.3, -0.25) is 0 Å². The van der Waals surface area contributed by atoms with Crippen molar-refractivity contribution in [1.29, 1.82) is 0 Å². The third-order valence-electron chi connectivity index (χ3n) is 3.33. The molecule has 21 heavy (non-hydrogen) atoms. The Bertz CT molecular complexity index is 774. The molecule has 106 valence electrons. The maximum Gasteiger partial charge on any atom is 0.163 e. The number of benzene rings is 2. The number of anilines is 2. The largest absolute Gasteiger partial charge is 0.325 e. The van der Waals surface area contributed by atoms with Gasteiger partial charge < -0.3 is 4.90 Å². The lowest BCUT2D eigenvalue weighted by atomic mass is 10.1. The standard InChI is InChI=1S/C16H13ClFN3/c1-2-21(12-9-7-11(18)8-10-12)16-14-6-4-3-5-13(14)15(17)19-20-16/h3-10H,2H2,1H3. The molecular weight excluding hydrogens is 289 g/mol. The quantitative estimate of drug-likeness (QED) is 0.709. The first kappa shape index (κ1) is 13.8. The van der Waals surface area contributed by atoms with Crippen molar-refractivity contribution >= 4 is 33.9 Å². The maximum absolute atomic E-state index is 13.1. The molecule has 0 radical (unpaired) electrons. The van der Waals surface area contributed by atoms with Gasteiger partial charge in [-0.15, -0.1) is 10.2 Å². The predicted molar refractivity (Wildman–Crippen MR) is 83.6 cm³/mol. The Hall–Kier alpha value is -2.20. The second-order valence-corrected chi connectivity index (χ2v) is 4.94. The van der Waals surface area contributed by atoms with Crippen molar-refractivity contribution in [3.63, 3.8) is 0 Å². The van der Waals surface area contributed by atoms with Crippen LogP contribution in [0.3, 0.4) is 0 Å². The molecule has 0 saturated heterocycles. The summed E-state index contributed by atoms with van der Waals surface area (Å²) in [6.45, 7) is 2.69. The molecule has 0 aliphatic heterocycles. The van der Waals surface area contributed by atoms with Gasteiger partial charge in [-0.1, -0.05) is 35.9 Å². The van der Waals surface area contributed by atoms with Crippen LogP contribution >= 0.6 is 11.6 Å². The van der Waals surface area contributed by atoms with Crippen LogP contribution in [0.2, 0.25) is 5.15 Å². The molecule has 3 rings (SSSR count). The van der Waals surface area contributed by atoms with Gasteiger partial charge in [-0.05, 0) is 31.2 Å². The van der Waals surface area contributed by atoms with Crippen molar-refractivity contribution in [2.24, 2.45) is 0 Å². The highest BCUT2D eigenvalue weighted by atomic mass is 35.5. The number of rotatable bonds is 3. The first-order chi connectivity index (χ1) is 10.2. The van der Waals surface area contributed by atoms with E-state index < -0.39 is 0 Å². The molecule has 2 aromatic carbocycles. The van der Waals surface area contributed by atoms with E-state index in [1.54, 1.807) is 12.1 Å². The summed E-state index contributed by atoms with van der Waals surface area (Å²) in [7, 11) is 0. The van der Waals surface area contributed by atoms with E-state index >= 15 is 0 Å². The summed E-state index contributed by atoms with van der Waals surface area (Å²) < 4.78 is 13.1. The van der Waals surface area contributed by atoms with Crippen LogP contribution in [0.15, 0.2) is 48.5 Å². The van der Waals surface area contributed by atoms with E-state index in [2.05, 4.69) is 10.2 Å². The van der Waals surface area contributed by atoms with E-state index in [-0.39, 0.29) is 5.82 Å². The molecule has 0 amide bonds. The molecule has 0 atom stereocenters. The van der Waals surface area contributed by atoms with Crippen molar-refractivity contribution in [3.05, 3.63) is 59.5 Å². The SMILES string of the molecule is CCN(c1ccc(F)cc1)c1nnc(Cl)c2ccccc12. The Kier molecular flexibility index (Phi) is 3.71. The fourth-order valence-electron chi connectivity index (χ4n) is 2.33. The highest BCUT2D eigenvalue weighted by molar-refractivity contribution is 6.34. The zero-order chi connectivity index (χ0) is 14.8. The fourth-order valence-corrected chi connectivity index (χ4v) is 2.53. The topological polar surface area (TPSA) is 29.0 Å². The van der Waals surface area contributed by atoms with Crippen LogP contribution in [-0.2, 0) is 0 Å². The number of hydrogen-bond donors (Lipinski definition) is 0. The molecule has 0 unspecified atom stereocenters. The molecular formula is C16H13ClFN3. The van der Waals surface area contributed by atoms with Gasteiger partial charge in [-0.2, -0.15) is 0 Å². The Morgan fingerprint density at radius 3 is 2.33 bits per heavy atom. The summed E-state index contributed by atoms with van der Waals surface area (Å²) in [6, 6.07) is 14.0. The molecule has 0 fully saturated rings. The molecule has 0 spiro atoms. The number of hydrogen-bond acceptors (Lipinski definition) is 3. The van der Waals surface area contributed by atoms with E-state index in [9.17, 15) is 4.39 Å². The van der Waals surface area contributed by atoms with Crippen LogP contribution in [0.4, 0.5) is 15.9 Å². The molecule has 3 nitrogen and oxygen atoms in total. The van der Waals surface area contributed by atoms with Crippen molar-refractivity contribution in [2.75, 3.05) is 11.4 Å². The summed E-state index contributed by atoms with van der Waals surface area (Å²) in [6.07, 6.45) is 0. The van der Waals surface area contributed by atoms with E-state index in [4.69, 9.17) is 11.6 Å². The zero-order valence-electron chi connectivity index (χ0n) is 11.4. The van der Waals surface area contributed by atoms with Crippen LogP contribution in [0.1, 0.15) is 6.92 Å². The van der Waals surface area contributed by atoms with Crippen LogP contribution < -0.4 is 4.90 Å². The average Bonchev–Trinajstić information content (AvgIpc) is 2.52. The number of nitrogens with zero attached hydrogens (tertiary/aromatic N) is 3. The highest BCUT2D eigenvalue weighted by Crippen LogP contribution is 2.32. The van der Waals surface area contributed by atoms with Crippen LogP contribution in [-0.4, -0.2) is 16.7 Å². The molecule has 0 aliphatic rings. The van der Waals surface area contributed by atoms with E-state index in [1.807, 2.05) is 36.1 Å². The monoisotopic (exact) mass is 301 g/mol. The first-order valence-corrected chi connectivity index (χ1v) is 7.02. The molecule has 0 N–H and O–H groups in total. The average molecular weight is 302 g/mol. The molecule has 1 heterocycles. The van der Waals surface area contributed by atoms with Gasteiger partial charge in [0.2, 0.25) is 0 Å². The zero-order valence-corrected chi connectivity index (χ0v) is 12.2. The minimum atomic E-state index is -0.262. The predicted octanol–water partition coefficient (Wildman–Crippen LogP) is 4.58. The number of aromatic nitrogens is 2.